The largest absolute Gasteiger partial charge is 0.507 e. The number of aromatic hydroxyl groups is 1. The van der Waals surface area contributed by atoms with Gasteiger partial charge in [-0.15, -0.1) is 0 Å². The Morgan fingerprint density at radius 2 is 1.65 bits per heavy atom. The van der Waals surface area contributed by atoms with E-state index in [1.54, 1.807) is 18.3 Å². The predicted molar refractivity (Wildman–Crippen MR) is 68.8 cm³/mol. The molecule has 2 aromatic carbocycles. The molecule has 0 saturated carbocycles. The molecule has 1 heterocycles. The van der Waals surface area contributed by atoms with E-state index in [2.05, 4.69) is 4.98 Å². The zero-order chi connectivity index (χ0) is 11.7. The Morgan fingerprint density at radius 1 is 0.824 bits per heavy atom. The van der Waals surface area contributed by atoms with Crippen molar-refractivity contribution in [2.24, 2.45) is 0 Å². The second kappa shape index (κ2) is 3.91. The van der Waals surface area contributed by atoms with E-state index in [0.29, 0.717) is 0 Å². The fourth-order valence-corrected chi connectivity index (χ4v) is 2.05. The van der Waals surface area contributed by atoms with Gasteiger partial charge in [0.1, 0.15) is 5.75 Å². The quantitative estimate of drug-likeness (QED) is 0.681. The highest BCUT2D eigenvalue weighted by Gasteiger charge is 2.07. The summed E-state index contributed by atoms with van der Waals surface area (Å²) in [5.41, 5.74) is 2.90. The van der Waals surface area contributed by atoms with Gasteiger partial charge in [0.05, 0.1) is 5.52 Å². The first-order valence-electron chi connectivity index (χ1n) is 5.48. The maximum absolute atomic E-state index is 9.97. The lowest BCUT2D eigenvalue weighted by atomic mass is 10.0. The maximum Gasteiger partial charge on any atom is 0.125 e. The monoisotopic (exact) mass is 221 g/mol. The topological polar surface area (TPSA) is 33.1 Å². The molecule has 0 aliphatic heterocycles. The Morgan fingerprint density at radius 3 is 2.47 bits per heavy atom. The van der Waals surface area contributed by atoms with E-state index in [1.165, 1.54) is 0 Å². The highest BCUT2D eigenvalue weighted by atomic mass is 16.3. The van der Waals surface area contributed by atoms with E-state index in [0.717, 1.165) is 22.0 Å². The van der Waals surface area contributed by atoms with Crippen molar-refractivity contribution in [1.29, 1.82) is 0 Å². The standard InChI is InChI=1S/C15H11NO/c17-14-8-4-7-13-15(14)12(9-10-16-13)11-5-2-1-3-6-11/h1-10,17H. The highest BCUT2D eigenvalue weighted by molar-refractivity contribution is 5.98. The van der Waals surface area contributed by atoms with Crippen LogP contribution in [0.4, 0.5) is 0 Å². The van der Waals surface area contributed by atoms with Crippen molar-refractivity contribution in [2.45, 2.75) is 0 Å². The molecule has 0 saturated heterocycles. The van der Waals surface area contributed by atoms with Gasteiger partial charge in [-0.25, -0.2) is 0 Å². The van der Waals surface area contributed by atoms with E-state index in [-0.39, 0.29) is 5.75 Å². The molecule has 17 heavy (non-hydrogen) atoms. The zero-order valence-electron chi connectivity index (χ0n) is 9.17. The summed E-state index contributed by atoms with van der Waals surface area (Å²) in [6, 6.07) is 17.3. The molecule has 2 heteroatoms. The normalized spacial score (nSPS) is 10.6. The molecule has 1 N–H and O–H groups in total. The number of aromatic nitrogens is 1. The van der Waals surface area contributed by atoms with Crippen LogP contribution in [0.2, 0.25) is 0 Å². The maximum atomic E-state index is 9.97. The van der Waals surface area contributed by atoms with Gasteiger partial charge < -0.3 is 5.11 Å². The fraction of sp³-hybridized carbons (Fsp3) is 0. The Labute approximate surface area is 99.2 Å². The Balaban J connectivity index is 2.38. The molecule has 1 aromatic heterocycles. The Bertz CT molecular complexity index is 657. The van der Waals surface area contributed by atoms with Gasteiger partial charge in [0.25, 0.3) is 0 Å². The van der Waals surface area contributed by atoms with Crippen LogP contribution >= 0.6 is 0 Å². The lowest BCUT2D eigenvalue weighted by Gasteiger charge is -2.07. The number of nitrogens with zero attached hydrogens (tertiary/aromatic N) is 1. The van der Waals surface area contributed by atoms with Crippen molar-refractivity contribution in [3.05, 3.63) is 60.8 Å². The fourth-order valence-electron chi connectivity index (χ4n) is 2.05. The summed E-state index contributed by atoms with van der Waals surface area (Å²) in [7, 11) is 0. The molecule has 0 atom stereocenters. The average Bonchev–Trinajstić information content (AvgIpc) is 2.39. The van der Waals surface area contributed by atoms with Crippen LogP contribution in [0.1, 0.15) is 0 Å². The number of fused-ring (bicyclic) bond motifs is 1. The summed E-state index contributed by atoms with van der Waals surface area (Å²) < 4.78 is 0. The van der Waals surface area contributed by atoms with E-state index < -0.39 is 0 Å². The van der Waals surface area contributed by atoms with Crippen LogP contribution < -0.4 is 0 Å². The Hall–Kier alpha value is -2.35. The third-order valence-corrected chi connectivity index (χ3v) is 2.83. The minimum Gasteiger partial charge on any atom is -0.507 e. The molecule has 0 aliphatic carbocycles. The van der Waals surface area contributed by atoms with Crippen LogP contribution in [-0.4, -0.2) is 10.1 Å². The molecule has 3 aromatic rings. The van der Waals surface area contributed by atoms with Gasteiger partial charge in [-0.2, -0.15) is 0 Å². The van der Waals surface area contributed by atoms with Crippen LogP contribution in [0.25, 0.3) is 22.0 Å². The number of benzene rings is 2. The summed E-state index contributed by atoms with van der Waals surface area (Å²) in [5, 5.41) is 10.8. The number of rotatable bonds is 1. The van der Waals surface area contributed by atoms with Gasteiger partial charge in [-0.05, 0) is 29.3 Å². The third-order valence-electron chi connectivity index (χ3n) is 2.83. The van der Waals surface area contributed by atoms with E-state index in [9.17, 15) is 5.11 Å². The van der Waals surface area contributed by atoms with Gasteiger partial charge in [0, 0.05) is 11.6 Å². The number of hydrogen-bond acceptors (Lipinski definition) is 2. The molecule has 0 amide bonds. The number of pyridine rings is 1. The van der Waals surface area contributed by atoms with Gasteiger partial charge in [0.2, 0.25) is 0 Å². The first kappa shape index (κ1) is 9.85. The number of hydrogen-bond donors (Lipinski definition) is 1. The summed E-state index contributed by atoms with van der Waals surface area (Å²) in [4.78, 5) is 4.27. The zero-order valence-corrected chi connectivity index (χ0v) is 9.17. The van der Waals surface area contributed by atoms with Crippen molar-refractivity contribution < 1.29 is 5.11 Å². The van der Waals surface area contributed by atoms with Crippen molar-refractivity contribution in [2.75, 3.05) is 0 Å². The summed E-state index contributed by atoms with van der Waals surface area (Å²) >= 11 is 0. The molecule has 0 fully saturated rings. The first-order chi connectivity index (χ1) is 8.36. The predicted octanol–water partition coefficient (Wildman–Crippen LogP) is 3.61. The van der Waals surface area contributed by atoms with Crippen molar-refractivity contribution in [1.82, 2.24) is 4.98 Å². The molecule has 0 radical (unpaired) electrons. The molecule has 82 valence electrons. The lowest BCUT2D eigenvalue weighted by Crippen LogP contribution is -1.84. The summed E-state index contributed by atoms with van der Waals surface area (Å²) in [6.07, 6.45) is 1.77. The molecular formula is C15H11NO. The van der Waals surface area contributed by atoms with E-state index >= 15 is 0 Å². The van der Waals surface area contributed by atoms with E-state index in [4.69, 9.17) is 0 Å². The molecule has 0 bridgehead atoms. The summed E-state index contributed by atoms with van der Waals surface area (Å²) in [5.74, 6) is 0.273. The third kappa shape index (κ3) is 1.64. The molecule has 0 aliphatic rings. The van der Waals surface area contributed by atoms with Crippen LogP contribution in [0.5, 0.6) is 5.75 Å². The average molecular weight is 221 g/mol. The van der Waals surface area contributed by atoms with Crippen LogP contribution in [0.15, 0.2) is 60.8 Å². The van der Waals surface area contributed by atoms with Crippen LogP contribution in [0, 0.1) is 0 Å². The smallest absolute Gasteiger partial charge is 0.125 e. The first-order valence-corrected chi connectivity index (χ1v) is 5.48. The summed E-state index contributed by atoms with van der Waals surface area (Å²) in [6.45, 7) is 0. The van der Waals surface area contributed by atoms with Gasteiger partial charge in [0.15, 0.2) is 0 Å². The van der Waals surface area contributed by atoms with Gasteiger partial charge in [-0.3, -0.25) is 4.98 Å². The second-order valence-corrected chi connectivity index (χ2v) is 3.90. The van der Waals surface area contributed by atoms with Crippen molar-refractivity contribution >= 4 is 10.9 Å². The number of phenols is 1. The highest BCUT2D eigenvalue weighted by Crippen LogP contribution is 2.33. The Kier molecular flexibility index (Phi) is 2.26. The molecule has 0 unspecified atom stereocenters. The van der Waals surface area contributed by atoms with Crippen LogP contribution in [0.3, 0.4) is 0 Å². The minimum atomic E-state index is 0.273. The van der Waals surface area contributed by atoms with Crippen LogP contribution in [-0.2, 0) is 0 Å². The van der Waals surface area contributed by atoms with Crippen molar-refractivity contribution in [3.63, 3.8) is 0 Å². The van der Waals surface area contributed by atoms with Gasteiger partial charge in [-0.1, -0.05) is 36.4 Å². The molecule has 0 spiro atoms. The number of phenolic OH excluding ortho intramolecular Hbond substituents is 1. The minimum absolute atomic E-state index is 0.273. The molecular weight excluding hydrogens is 210 g/mol. The van der Waals surface area contributed by atoms with E-state index in [1.807, 2.05) is 42.5 Å². The molecule has 2 nitrogen and oxygen atoms in total. The van der Waals surface area contributed by atoms with Gasteiger partial charge >= 0.3 is 0 Å². The lowest BCUT2D eigenvalue weighted by molar-refractivity contribution is 0.481. The SMILES string of the molecule is Oc1cccc2nccc(-c3ccccc3)c12. The molecule has 3 rings (SSSR count). The van der Waals surface area contributed by atoms with Crippen molar-refractivity contribution in [3.8, 4) is 16.9 Å². The second-order valence-electron chi connectivity index (χ2n) is 3.90.